The van der Waals surface area contributed by atoms with Crippen molar-refractivity contribution in [2.45, 2.75) is 6.92 Å². The molecule has 3 heteroatoms. The monoisotopic (exact) mass is 262 g/mol. The van der Waals surface area contributed by atoms with Gasteiger partial charge >= 0.3 is 0 Å². The van der Waals surface area contributed by atoms with Crippen LogP contribution in [0.1, 0.15) is 15.9 Å². The number of amides is 1. The zero-order chi connectivity index (χ0) is 13.9. The number of para-hydroxylation sites is 1. The van der Waals surface area contributed by atoms with Gasteiger partial charge in [-0.3, -0.25) is 9.78 Å². The Bertz CT molecular complexity index is 781. The number of benzene rings is 2. The highest BCUT2D eigenvalue weighted by Crippen LogP contribution is 2.17. The molecule has 0 radical (unpaired) electrons. The smallest absolute Gasteiger partial charge is 0.255 e. The lowest BCUT2D eigenvalue weighted by molar-refractivity contribution is 0.102. The van der Waals surface area contributed by atoms with Crippen LogP contribution in [0.4, 0.5) is 5.69 Å². The van der Waals surface area contributed by atoms with E-state index in [0.29, 0.717) is 5.56 Å². The predicted octanol–water partition coefficient (Wildman–Crippen LogP) is 3.80. The van der Waals surface area contributed by atoms with Crippen molar-refractivity contribution in [3.8, 4) is 0 Å². The zero-order valence-electron chi connectivity index (χ0n) is 11.1. The van der Waals surface area contributed by atoms with Crippen molar-refractivity contribution in [2.75, 3.05) is 5.32 Å². The van der Waals surface area contributed by atoms with Crippen LogP contribution in [0.15, 0.2) is 60.8 Å². The second kappa shape index (κ2) is 5.13. The Kier molecular flexibility index (Phi) is 3.17. The van der Waals surface area contributed by atoms with Crippen LogP contribution in [-0.2, 0) is 0 Å². The first kappa shape index (κ1) is 12.4. The van der Waals surface area contributed by atoms with Gasteiger partial charge in [-0.2, -0.15) is 0 Å². The minimum Gasteiger partial charge on any atom is -0.322 e. The second-order valence-electron chi connectivity index (χ2n) is 4.68. The van der Waals surface area contributed by atoms with Gasteiger partial charge in [0.15, 0.2) is 0 Å². The number of hydrogen-bond donors (Lipinski definition) is 1. The average Bonchev–Trinajstić information content (AvgIpc) is 2.49. The molecule has 3 aromatic rings. The van der Waals surface area contributed by atoms with Crippen molar-refractivity contribution in [3.63, 3.8) is 0 Å². The second-order valence-corrected chi connectivity index (χ2v) is 4.68. The first-order valence-corrected chi connectivity index (χ1v) is 6.46. The molecular formula is C17H14N2O. The van der Waals surface area contributed by atoms with Crippen LogP contribution in [0.25, 0.3) is 10.9 Å². The van der Waals surface area contributed by atoms with Crippen molar-refractivity contribution in [1.29, 1.82) is 0 Å². The van der Waals surface area contributed by atoms with Crippen LogP contribution in [0, 0.1) is 6.92 Å². The lowest BCUT2D eigenvalue weighted by Crippen LogP contribution is -2.12. The van der Waals surface area contributed by atoms with E-state index in [0.717, 1.165) is 22.2 Å². The van der Waals surface area contributed by atoms with Crippen LogP contribution < -0.4 is 5.32 Å². The molecule has 0 bridgehead atoms. The molecule has 1 N–H and O–H groups in total. The van der Waals surface area contributed by atoms with Crippen LogP contribution >= 0.6 is 0 Å². The highest BCUT2D eigenvalue weighted by molar-refractivity contribution is 6.06. The summed E-state index contributed by atoms with van der Waals surface area (Å²) in [7, 11) is 0. The SMILES string of the molecule is Cc1ccccc1NC(=O)c1ccc2ncccc2c1. The van der Waals surface area contributed by atoms with Gasteiger partial charge in [-0.15, -0.1) is 0 Å². The van der Waals surface area contributed by atoms with Crippen molar-refractivity contribution in [2.24, 2.45) is 0 Å². The van der Waals surface area contributed by atoms with E-state index in [4.69, 9.17) is 0 Å². The van der Waals surface area contributed by atoms with Crippen LogP contribution in [0.2, 0.25) is 0 Å². The number of carbonyl (C=O) groups excluding carboxylic acids is 1. The Morgan fingerprint density at radius 1 is 1.05 bits per heavy atom. The highest BCUT2D eigenvalue weighted by Gasteiger charge is 2.08. The number of nitrogens with zero attached hydrogens (tertiary/aromatic N) is 1. The summed E-state index contributed by atoms with van der Waals surface area (Å²) in [6, 6.07) is 17.1. The molecular weight excluding hydrogens is 248 g/mol. The molecule has 1 amide bonds. The van der Waals surface area contributed by atoms with E-state index in [2.05, 4.69) is 10.3 Å². The molecule has 1 heterocycles. The minimum atomic E-state index is -0.106. The number of hydrogen-bond acceptors (Lipinski definition) is 2. The van der Waals surface area contributed by atoms with Crippen molar-refractivity contribution >= 4 is 22.5 Å². The molecule has 3 rings (SSSR count). The summed E-state index contributed by atoms with van der Waals surface area (Å²) < 4.78 is 0. The Morgan fingerprint density at radius 2 is 1.90 bits per heavy atom. The maximum atomic E-state index is 12.3. The molecule has 0 saturated carbocycles. The van der Waals surface area contributed by atoms with Gasteiger partial charge < -0.3 is 5.32 Å². The highest BCUT2D eigenvalue weighted by atomic mass is 16.1. The lowest BCUT2D eigenvalue weighted by atomic mass is 10.1. The molecule has 0 fully saturated rings. The summed E-state index contributed by atoms with van der Waals surface area (Å²) in [5.74, 6) is -0.106. The van der Waals surface area contributed by atoms with Gasteiger partial charge in [0.25, 0.3) is 5.91 Å². The molecule has 0 spiro atoms. The molecule has 0 unspecified atom stereocenters. The Hall–Kier alpha value is -2.68. The minimum absolute atomic E-state index is 0.106. The molecule has 0 aliphatic heterocycles. The van der Waals surface area contributed by atoms with E-state index in [9.17, 15) is 4.79 Å². The standard InChI is InChI=1S/C17H14N2O/c1-12-5-2-3-7-15(12)19-17(20)14-8-9-16-13(11-14)6-4-10-18-16/h2-11H,1H3,(H,19,20). The number of anilines is 1. The topological polar surface area (TPSA) is 42.0 Å². The van der Waals surface area contributed by atoms with Crippen LogP contribution in [-0.4, -0.2) is 10.9 Å². The number of fused-ring (bicyclic) bond motifs is 1. The predicted molar refractivity (Wildman–Crippen MR) is 80.9 cm³/mol. The summed E-state index contributed by atoms with van der Waals surface area (Å²) in [6.07, 6.45) is 1.75. The number of nitrogens with one attached hydrogen (secondary N) is 1. The van der Waals surface area contributed by atoms with E-state index in [1.54, 1.807) is 12.3 Å². The molecule has 0 atom stereocenters. The average molecular weight is 262 g/mol. The lowest BCUT2D eigenvalue weighted by Gasteiger charge is -2.08. The Morgan fingerprint density at radius 3 is 2.75 bits per heavy atom. The van der Waals surface area contributed by atoms with Gasteiger partial charge in [-0.25, -0.2) is 0 Å². The third-order valence-electron chi connectivity index (χ3n) is 3.26. The fourth-order valence-corrected chi connectivity index (χ4v) is 2.12. The molecule has 0 aliphatic carbocycles. The van der Waals surface area contributed by atoms with Crippen molar-refractivity contribution in [3.05, 3.63) is 71.9 Å². The van der Waals surface area contributed by atoms with Gasteiger partial charge in [0.05, 0.1) is 5.52 Å². The van der Waals surface area contributed by atoms with Crippen LogP contribution in [0.3, 0.4) is 0 Å². The maximum absolute atomic E-state index is 12.3. The number of rotatable bonds is 2. The molecule has 2 aromatic carbocycles. The van der Waals surface area contributed by atoms with E-state index < -0.39 is 0 Å². The number of aromatic nitrogens is 1. The van der Waals surface area contributed by atoms with Crippen LogP contribution in [0.5, 0.6) is 0 Å². The largest absolute Gasteiger partial charge is 0.322 e. The maximum Gasteiger partial charge on any atom is 0.255 e. The molecule has 0 aliphatic rings. The van der Waals surface area contributed by atoms with Crippen molar-refractivity contribution < 1.29 is 4.79 Å². The normalized spacial score (nSPS) is 10.4. The number of pyridine rings is 1. The van der Waals surface area contributed by atoms with E-state index in [-0.39, 0.29) is 5.91 Å². The first-order valence-electron chi connectivity index (χ1n) is 6.46. The fraction of sp³-hybridized carbons (Fsp3) is 0.0588. The Labute approximate surface area is 117 Å². The molecule has 3 nitrogen and oxygen atoms in total. The van der Waals surface area contributed by atoms with E-state index in [1.807, 2.05) is 55.5 Å². The van der Waals surface area contributed by atoms with Gasteiger partial charge in [0.1, 0.15) is 0 Å². The third-order valence-corrected chi connectivity index (χ3v) is 3.26. The van der Waals surface area contributed by atoms with Gasteiger partial charge in [0, 0.05) is 22.8 Å². The van der Waals surface area contributed by atoms with Gasteiger partial charge in [-0.05, 0) is 42.8 Å². The Balaban J connectivity index is 1.91. The van der Waals surface area contributed by atoms with Gasteiger partial charge in [-0.1, -0.05) is 24.3 Å². The zero-order valence-corrected chi connectivity index (χ0v) is 11.1. The number of carbonyl (C=O) groups is 1. The van der Waals surface area contributed by atoms with Crippen molar-refractivity contribution in [1.82, 2.24) is 4.98 Å². The summed E-state index contributed by atoms with van der Waals surface area (Å²) in [5.41, 5.74) is 3.40. The summed E-state index contributed by atoms with van der Waals surface area (Å²) >= 11 is 0. The summed E-state index contributed by atoms with van der Waals surface area (Å²) in [6.45, 7) is 1.97. The molecule has 0 saturated heterocycles. The number of aryl methyl sites for hydroxylation is 1. The first-order chi connectivity index (χ1) is 9.74. The molecule has 1 aromatic heterocycles. The van der Waals surface area contributed by atoms with E-state index >= 15 is 0 Å². The third kappa shape index (κ3) is 2.38. The molecule has 20 heavy (non-hydrogen) atoms. The molecule has 98 valence electrons. The summed E-state index contributed by atoms with van der Waals surface area (Å²) in [5, 5.41) is 3.89. The van der Waals surface area contributed by atoms with Gasteiger partial charge in [0.2, 0.25) is 0 Å². The fourth-order valence-electron chi connectivity index (χ4n) is 2.12. The summed E-state index contributed by atoms with van der Waals surface area (Å²) in [4.78, 5) is 16.5. The quantitative estimate of drug-likeness (QED) is 0.763. The van der Waals surface area contributed by atoms with E-state index in [1.165, 1.54) is 0 Å².